The number of benzene rings is 1. The van der Waals surface area contributed by atoms with Gasteiger partial charge in [0.15, 0.2) is 5.11 Å². The predicted molar refractivity (Wildman–Crippen MR) is 92.5 cm³/mol. The number of hydrogen-bond donors (Lipinski definition) is 4. The monoisotopic (exact) mass is 396 g/mol. The van der Waals surface area contributed by atoms with E-state index in [1.54, 1.807) is 6.92 Å². The molecule has 2 rings (SSSR count). The molecule has 5 N–H and O–H groups in total. The summed E-state index contributed by atoms with van der Waals surface area (Å²) in [4.78, 5) is 11.9. The molecule has 7 nitrogen and oxygen atoms in total. The van der Waals surface area contributed by atoms with Gasteiger partial charge < -0.3 is 5.32 Å². The number of hydrazine groups is 1. The van der Waals surface area contributed by atoms with Gasteiger partial charge in [0, 0.05) is 5.69 Å². The number of hydrogen-bond acceptors (Lipinski definition) is 4. The molecule has 0 heterocycles. The normalized spacial score (nSPS) is 22.1. The van der Waals surface area contributed by atoms with E-state index in [1.165, 1.54) is 24.3 Å². The highest BCUT2D eigenvalue weighted by Crippen LogP contribution is 2.63. The minimum Gasteiger partial charge on any atom is -0.331 e. The molecule has 1 aromatic rings. The Bertz CT molecular complexity index is 752. The Balaban J connectivity index is 1.87. The van der Waals surface area contributed by atoms with E-state index in [-0.39, 0.29) is 15.9 Å². The lowest BCUT2D eigenvalue weighted by molar-refractivity contribution is -0.126. The molecule has 0 bridgehead atoms. The lowest BCUT2D eigenvalue weighted by Crippen LogP contribution is -2.47. The first-order valence-corrected chi connectivity index (χ1v) is 9.05. The maximum Gasteiger partial charge on any atom is 0.247 e. The fraction of sp³-hybridized carbons (Fsp3) is 0.333. The zero-order chi connectivity index (χ0) is 17.5. The average Bonchev–Trinajstić information content (AvgIpc) is 2.96. The number of primary sulfonamides is 1. The largest absolute Gasteiger partial charge is 0.331 e. The van der Waals surface area contributed by atoms with Crippen molar-refractivity contribution in [3.05, 3.63) is 24.3 Å². The summed E-state index contributed by atoms with van der Waals surface area (Å²) in [6.45, 7) is 1.65. The van der Waals surface area contributed by atoms with Gasteiger partial charge in [0.25, 0.3) is 0 Å². The number of halogens is 2. The second-order valence-corrected chi connectivity index (χ2v) is 8.77. The van der Waals surface area contributed by atoms with Gasteiger partial charge in [0.05, 0.1) is 10.3 Å². The van der Waals surface area contributed by atoms with E-state index in [2.05, 4.69) is 16.2 Å². The van der Waals surface area contributed by atoms with Crippen molar-refractivity contribution in [2.45, 2.75) is 22.6 Å². The first kappa shape index (κ1) is 18.2. The molecule has 1 aromatic carbocycles. The van der Waals surface area contributed by atoms with Gasteiger partial charge in [-0.05, 0) is 49.8 Å². The molecule has 1 amide bonds. The highest BCUT2D eigenvalue weighted by Gasteiger charge is 2.68. The van der Waals surface area contributed by atoms with Crippen LogP contribution in [0.2, 0.25) is 0 Å². The van der Waals surface area contributed by atoms with Crippen LogP contribution in [0.3, 0.4) is 0 Å². The van der Waals surface area contributed by atoms with Crippen LogP contribution in [0.25, 0.3) is 0 Å². The Morgan fingerprint density at radius 1 is 1.26 bits per heavy atom. The van der Waals surface area contributed by atoms with Crippen molar-refractivity contribution in [3.8, 4) is 0 Å². The van der Waals surface area contributed by atoms with Crippen LogP contribution in [0.15, 0.2) is 29.2 Å². The number of rotatable bonds is 3. The molecule has 1 aliphatic carbocycles. The number of nitrogens with two attached hydrogens (primary N) is 1. The predicted octanol–water partition coefficient (Wildman–Crippen LogP) is 1.24. The molecule has 0 aliphatic heterocycles. The van der Waals surface area contributed by atoms with Gasteiger partial charge in [-0.15, -0.1) is 23.2 Å². The van der Waals surface area contributed by atoms with E-state index in [1.807, 2.05) is 0 Å². The van der Waals surface area contributed by atoms with Crippen LogP contribution >= 0.6 is 35.4 Å². The molecule has 0 radical (unpaired) electrons. The topological polar surface area (TPSA) is 113 Å². The smallest absolute Gasteiger partial charge is 0.247 e. The van der Waals surface area contributed by atoms with Crippen LogP contribution in [-0.2, 0) is 14.8 Å². The molecule has 1 unspecified atom stereocenters. The first-order chi connectivity index (χ1) is 10.5. The van der Waals surface area contributed by atoms with E-state index in [0.717, 1.165) is 0 Å². The molecule has 1 aliphatic rings. The van der Waals surface area contributed by atoms with Crippen molar-refractivity contribution in [3.63, 3.8) is 0 Å². The molecule has 0 saturated heterocycles. The third-order valence-corrected chi connectivity index (χ3v) is 5.72. The van der Waals surface area contributed by atoms with Crippen molar-refractivity contribution in [1.82, 2.24) is 10.9 Å². The maximum absolute atomic E-state index is 11.9. The number of alkyl halides is 2. The van der Waals surface area contributed by atoms with Gasteiger partial charge in [-0.3, -0.25) is 15.6 Å². The van der Waals surface area contributed by atoms with Crippen molar-refractivity contribution in [1.29, 1.82) is 0 Å². The number of nitrogens with one attached hydrogen (secondary N) is 3. The van der Waals surface area contributed by atoms with Crippen molar-refractivity contribution < 1.29 is 13.2 Å². The van der Waals surface area contributed by atoms with Gasteiger partial charge in [-0.25, -0.2) is 13.6 Å². The highest BCUT2D eigenvalue weighted by atomic mass is 35.5. The van der Waals surface area contributed by atoms with Gasteiger partial charge >= 0.3 is 0 Å². The Kier molecular flexibility index (Phi) is 4.80. The molecular formula is C12H14Cl2N4O3S2. The molecule has 1 saturated carbocycles. The number of sulfonamides is 1. The summed E-state index contributed by atoms with van der Waals surface area (Å²) in [5, 5.41) is 7.89. The Labute approximate surface area is 148 Å². The number of thiocarbonyl (C=S) groups is 1. The fourth-order valence-corrected chi connectivity index (χ4v) is 3.18. The Morgan fingerprint density at radius 3 is 2.22 bits per heavy atom. The van der Waals surface area contributed by atoms with Crippen molar-refractivity contribution in [2.24, 2.45) is 10.6 Å². The van der Waals surface area contributed by atoms with E-state index >= 15 is 0 Å². The molecule has 1 fully saturated rings. The van der Waals surface area contributed by atoms with E-state index in [9.17, 15) is 13.2 Å². The van der Waals surface area contributed by atoms with Crippen molar-refractivity contribution >= 4 is 62.2 Å². The summed E-state index contributed by atoms with van der Waals surface area (Å²) in [5.74, 6) is -0.378. The minimum atomic E-state index is -3.75. The zero-order valence-corrected chi connectivity index (χ0v) is 15.0. The zero-order valence-electron chi connectivity index (χ0n) is 11.9. The summed E-state index contributed by atoms with van der Waals surface area (Å²) in [6.07, 6.45) is 0.353. The number of carbonyl (C=O) groups excluding carboxylic acids is 1. The molecule has 11 heteroatoms. The first-order valence-electron chi connectivity index (χ1n) is 6.34. The second kappa shape index (κ2) is 6.06. The number of amides is 1. The minimum absolute atomic E-state index is 0.0162. The molecule has 126 valence electrons. The fourth-order valence-electron chi connectivity index (χ4n) is 1.79. The third-order valence-electron chi connectivity index (χ3n) is 3.49. The Hall–Kier alpha value is -1.13. The van der Waals surface area contributed by atoms with Crippen LogP contribution in [0.5, 0.6) is 0 Å². The summed E-state index contributed by atoms with van der Waals surface area (Å²) >= 11 is 16.8. The molecular weight excluding hydrogens is 383 g/mol. The van der Waals surface area contributed by atoms with Crippen LogP contribution in [0.1, 0.15) is 13.3 Å². The van der Waals surface area contributed by atoms with E-state index in [0.29, 0.717) is 12.1 Å². The second-order valence-electron chi connectivity index (χ2n) is 5.32. The van der Waals surface area contributed by atoms with Gasteiger partial charge in [0.1, 0.15) is 4.33 Å². The van der Waals surface area contributed by atoms with Gasteiger partial charge in [-0.1, -0.05) is 0 Å². The lowest BCUT2D eigenvalue weighted by atomic mass is 10.1. The van der Waals surface area contributed by atoms with E-state index < -0.39 is 19.8 Å². The van der Waals surface area contributed by atoms with Gasteiger partial charge in [-0.2, -0.15) is 0 Å². The van der Waals surface area contributed by atoms with Gasteiger partial charge in [0.2, 0.25) is 15.9 Å². The SMILES string of the molecule is CC1(C(=O)NNC(=S)Nc2ccc(S(N)(=O)=O)cc2)CC1(Cl)Cl. The van der Waals surface area contributed by atoms with E-state index in [4.69, 9.17) is 40.6 Å². The molecule has 23 heavy (non-hydrogen) atoms. The standard InChI is InChI=1S/C12H14Cl2N4O3S2/c1-11(6-12(11,13)14)9(19)17-18-10(22)16-7-2-4-8(5-3-7)23(15,20)21/h2-5H,6H2,1H3,(H,17,19)(H2,15,20,21)(H2,16,18,22). The van der Waals surface area contributed by atoms with Crippen LogP contribution in [-0.4, -0.2) is 23.8 Å². The lowest BCUT2D eigenvalue weighted by Gasteiger charge is -2.15. The maximum atomic E-state index is 11.9. The molecule has 0 aromatic heterocycles. The third kappa shape index (κ3) is 4.04. The summed E-state index contributed by atoms with van der Waals surface area (Å²) in [5.41, 5.74) is 4.59. The summed E-state index contributed by atoms with van der Waals surface area (Å²) in [7, 11) is -3.75. The van der Waals surface area contributed by atoms with Crippen molar-refractivity contribution in [2.75, 3.05) is 5.32 Å². The average molecular weight is 397 g/mol. The molecule has 0 spiro atoms. The summed E-state index contributed by atoms with van der Waals surface area (Å²) < 4.78 is 21.2. The number of carbonyl (C=O) groups is 1. The van der Waals surface area contributed by atoms with Crippen LogP contribution in [0, 0.1) is 5.41 Å². The van der Waals surface area contributed by atoms with Crippen LogP contribution in [0.4, 0.5) is 5.69 Å². The Morgan fingerprint density at radius 2 is 1.78 bits per heavy atom. The number of anilines is 1. The quantitative estimate of drug-likeness (QED) is 0.347. The molecule has 1 atom stereocenters. The van der Waals surface area contributed by atoms with Crippen LogP contribution < -0.4 is 21.3 Å². The summed E-state index contributed by atoms with van der Waals surface area (Å²) in [6, 6.07) is 5.64. The highest BCUT2D eigenvalue weighted by molar-refractivity contribution is 7.89.